The summed E-state index contributed by atoms with van der Waals surface area (Å²) in [5, 5.41) is 3.05. The van der Waals surface area contributed by atoms with E-state index in [1.165, 1.54) is 5.56 Å². The van der Waals surface area contributed by atoms with Crippen molar-refractivity contribution in [2.24, 2.45) is 0 Å². The molecule has 2 fully saturated rings. The summed E-state index contributed by atoms with van der Waals surface area (Å²) in [5.74, 6) is 0.327. The quantitative estimate of drug-likeness (QED) is 0.607. The number of pyridine rings is 1. The fraction of sp³-hybridized carbons (Fsp3) is 0.586. The monoisotopic (exact) mass is 494 g/mol. The fourth-order valence-corrected chi connectivity index (χ4v) is 5.82. The number of piperidine rings is 1. The number of anilines is 1. The molecular formula is C29H42N4O3. The van der Waals surface area contributed by atoms with Gasteiger partial charge in [-0.1, -0.05) is 0 Å². The molecule has 0 aliphatic carbocycles. The van der Waals surface area contributed by atoms with Crippen molar-refractivity contribution in [3.8, 4) is 0 Å². The topological polar surface area (TPSA) is 77.7 Å². The zero-order chi connectivity index (χ0) is 25.8. The van der Waals surface area contributed by atoms with E-state index in [-0.39, 0.29) is 18.0 Å². The Morgan fingerprint density at radius 2 is 1.81 bits per heavy atom. The molecule has 0 bridgehead atoms. The SMILES string of the molecule is CCN(c1cc(C2CCN(C)CC2)cc(C(=O)NCc2c(C)cc(C)[nH]c2=O)c1C)C1CCOCC1. The number of carbonyl (C=O) groups excluding carboxylic acids is 1. The predicted molar refractivity (Wildman–Crippen MR) is 145 cm³/mol. The Bertz CT molecular complexity index is 1130. The fourth-order valence-electron chi connectivity index (χ4n) is 5.82. The van der Waals surface area contributed by atoms with Crippen molar-refractivity contribution in [2.75, 3.05) is 44.8 Å². The highest BCUT2D eigenvalue weighted by molar-refractivity contribution is 5.97. The van der Waals surface area contributed by atoms with Crippen LogP contribution in [0.3, 0.4) is 0 Å². The van der Waals surface area contributed by atoms with Gasteiger partial charge in [0.2, 0.25) is 0 Å². The number of hydrogen-bond acceptors (Lipinski definition) is 5. The zero-order valence-corrected chi connectivity index (χ0v) is 22.6. The number of aryl methyl sites for hydroxylation is 2. The second-order valence-corrected chi connectivity index (χ2v) is 10.5. The van der Waals surface area contributed by atoms with Gasteiger partial charge in [0, 0.05) is 54.9 Å². The highest BCUT2D eigenvalue weighted by atomic mass is 16.5. The van der Waals surface area contributed by atoms with E-state index in [4.69, 9.17) is 4.74 Å². The first kappa shape index (κ1) is 26.4. The molecule has 0 spiro atoms. The maximum absolute atomic E-state index is 13.6. The number of likely N-dealkylation sites (tertiary alicyclic amines) is 1. The minimum absolute atomic E-state index is 0.120. The smallest absolute Gasteiger partial charge is 0.253 e. The van der Waals surface area contributed by atoms with Crippen LogP contribution in [0.4, 0.5) is 5.69 Å². The van der Waals surface area contributed by atoms with Gasteiger partial charge < -0.3 is 24.8 Å². The van der Waals surface area contributed by atoms with Gasteiger partial charge in [-0.2, -0.15) is 0 Å². The summed E-state index contributed by atoms with van der Waals surface area (Å²) in [4.78, 5) is 33.8. The maximum Gasteiger partial charge on any atom is 0.253 e. The lowest BCUT2D eigenvalue weighted by Gasteiger charge is -2.37. The molecule has 2 saturated heterocycles. The van der Waals surface area contributed by atoms with Crippen molar-refractivity contribution < 1.29 is 9.53 Å². The Morgan fingerprint density at radius 3 is 2.44 bits per heavy atom. The summed E-state index contributed by atoms with van der Waals surface area (Å²) in [6, 6.07) is 6.81. The predicted octanol–water partition coefficient (Wildman–Crippen LogP) is 4.04. The molecule has 36 heavy (non-hydrogen) atoms. The molecule has 2 N–H and O–H groups in total. The molecule has 3 heterocycles. The van der Waals surface area contributed by atoms with Crippen LogP contribution >= 0.6 is 0 Å². The summed E-state index contributed by atoms with van der Waals surface area (Å²) in [7, 11) is 2.17. The van der Waals surface area contributed by atoms with Crippen LogP contribution < -0.4 is 15.8 Å². The second-order valence-electron chi connectivity index (χ2n) is 10.5. The molecule has 4 rings (SSSR count). The van der Waals surface area contributed by atoms with E-state index >= 15 is 0 Å². The molecule has 2 aliphatic heterocycles. The Labute approximate surface area is 215 Å². The van der Waals surface area contributed by atoms with Crippen molar-refractivity contribution in [2.45, 2.75) is 71.9 Å². The van der Waals surface area contributed by atoms with Gasteiger partial charge in [-0.3, -0.25) is 9.59 Å². The van der Waals surface area contributed by atoms with Gasteiger partial charge in [-0.05, 0) is 114 Å². The Balaban J connectivity index is 1.67. The van der Waals surface area contributed by atoms with Gasteiger partial charge in [0.25, 0.3) is 11.5 Å². The van der Waals surface area contributed by atoms with Crippen LogP contribution in [-0.4, -0.2) is 61.7 Å². The molecule has 2 aliphatic rings. The van der Waals surface area contributed by atoms with Gasteiger partial charge >= 0.3 is 0 Å². The molecular weight excluding hydrogens is 452 g/mol. The van der Waals surface area contributed by atoms with Gasteiger partial charge in [-0.15, -0.1) is 0 Å². The normalized spacial score (nSPS) is 17.8. The molecule has 0 radical (unpaired) electrons. The number of nitrogens with zero attached hydrogens (tertiary/aromatic N) is 2. The van der Waals surface area contributed by atoms with Gasteiger partial charge in [0.15, 0.2) is 0 Å². The molecule has 0 unspecified atom stereocenters. The molecule has 0 atom stereocenters. The van der Waals surface area contributed by atoms with Gasteiger partial charge in [-0.25, -0.2) is 0 Å². The van der Waals surface area contributed by atoms with Crippen LogP contribution in [0.1, 0.15) is 76.8 Å². The summed E-state index contributed by atoms with van der Waals surface area (Å²) >= 11 is 0. The number of nitrogens with one attached hydrogen (secondary N) is 2. The number of hydrogen-bond donors (Lipinski definition) is 2. The highest BCUT2D eigenvalue weighted by Gasteiger charge is 2.27. The number of aromatic nitrogens is 1. The van der Waals surface area contributed by atoms with Gasteiger partial charge in [0.1, 0.15) is 0 Å². The van der Waals surface area contributed by atoms with Crippen molar-refractivity contribution in [1.82, 2.24) is 15.2 Å². The van der Waals surface area contributed by atoms with E-state index in [1.807, 2.05) is 19.9 Å². The van der Waals surface area contributed by atoms with Crippen molar-refractivity contribution >= 4 is 11.6 Å². The third kappa shape index (κ3) is 5.84. The Morgan fingerprint density at radius 1 is 1.11 bits per heavy atom. The number of H-pyrrole nitrogens is 1. The first-order valence-corrected chi connectivity index (χ1v) is 13.4. The number of rotatable bonds is 7. The van der Waals surface area contributed by atoms with Crippen LogP contribution in [0.2, 0.25) is 0 Å². The summed E-state index contributed by atoms with van der Waals surface area (Å²) in [5.41, 5.74) is 6.33. The average Bonchev–Trinajstić information content (AvgIpc) is 2.86. The minimum atomic E-state index is -0.137. The van der Waals surface area contributed by atoms with Crippen molar-refractivity contribution in [3.63, 3.8) is 0 Å². The van der Waals surface area contributed by atoms with E-state index < -0.39 is 0 Å². The number of amides is 1. The summed E-state index contributed by atoms with van der Waals surface area (Å²) in [6.07, 6.45) is 4.20. The Kier molecular flexibility index (Phi) is 8.52. The number of ether oxygens (including phenoxy) is 1. The summed E-state index contributed by atoms with van der Waals surface area (Å²) < 4.78 is 5.63. The van der Waals surface area contributed by atoms with Crippen molar-refractivity contribution in [3.05, 3.63) is 62.1 Å². The van der Waals surface area contributed by atoms with Crippen LogP contribution in [0, 0.1) is 20.8 Å². The van der Waals surface area contributed by atoms with Crippen molar-refractivity contribution in [1.29, 1.82) is 0 Å². The summed E-state index contributed by atoms with van der Waals surface area (Å²) in [6.45, 7) is 12.9. The molecule has 2 aromatic rings. The number of carbonyl (C=O) groups is 1. The minimum Gasteiger partial charge on any atom is -0.381 e. The number of aromatic amines is 1. The molecule has 7 nitrogen and oxygen atoms in total. The average molecular weight is 495 g/mol. The Hall–Kier alpha value is -2.64. The van der Waals surface area contributed by atoms with Crippen LogP contribution in [0.15, 0.2) is 23.0 Å². The molecule has 1 amide bonds. The lowest BCUT2D eigenvalue weighted by atomic mass is 9.86. The highest BCUT2D eigenvalue weighted by Crippen LogP contribution is 2.35. The third-order valence-corrected chi connectivity index (χ3v) is 8.04. The maximum atomic E-state index is 13.6. The van der Waals surface area contributed by atoms with E-state index in [0.29, 0.717) is 23.1 Å². The number of benzene rings is 1. The molecule has 1 aromatic carbocycles. The standard InChI is InChI=1S/C29H42N4O3/c1-6-33(24-9-13-36-14-10-24)27-17-23(22-7-11-32(5)12-8-22)16-25(21(27)4)28(34)30-18-26-19(2)15-20(3)31-29(26)35/h15-17,22,24H,6-14,18H2,1-5H3,(H,30,34)(H,31,35). The van der Waals surface area contributed by atoms with E-state index in [9.17, 15) is 9.59 Å². The van der Waals surface area contributed by atoms with Crippen LogP contribution in [0.5, 0.6) is 0 Å². The molecule has 7 heteroatoms. The van der Waals surface area contributed by atoms with E-state index in [1.54, 1.807) is 0 Å². The lowest BCUT2D eigenvalue weighted by Crippen LogP contribution is -2.40. The first-order chi connectivity index (χ1) is 17.3. The van der Waals surface area contributed by atoms with E-state index in [0.717, 1.165) is 81.0 Å². The second kappa shape index (κ2) is 11.6. The molecule has 1 aromatic heterocycles. The van der Waals surface area contributed by atoms with Gasteiger partial charge in [0.05, 0.1) is 0 Å². The zero-order valence-electron chi connectivity index (χ0n) is 22.6. The largest absolute Gasteiger partial charge is 0.381 e. The van der Waals surface area contributed by atoms with Crippen LogP contribution in [0.25, 0.3) is 0 Å². The lowest BCUT2D eigenvalue weighted by molar-refractivity contribution is 0.0845. The first-order valence-electron chi connectivity index (χ1n) is 13.4. The molecule has 0 saturated carbocycles. The third-order valence-electron chi connectivity index (χ3n) is 8.04. The molecule has 196 valence electrons. The van der Waals surface area contributed by atoms with Crippen LogP contribution in [-0.2, 0) is 11.3 Å². The van der Waals surface area contributed by atoms with E-state index in [2.05, 4.69) is 53.1 Å².